The lowest BCUT2D eigenvalue weighted by molar-refractivity contribution is -0.126. The van der Waals surface area contributed by atoms with Gasteiger partial charge in [-0.2, -0.15) is 0 Å². The third-order valence-electron chi connectivity index (χ3n) is 4.09. The van der Waals surface area contributed by atoms with Crippen molar-refractivity contribution in [3.8, 4) is 5.75 Å². The summed E-state index contributed by atoms with van der Waals surface area (Å²) in [4.78, 5) is 23.9. The molecule has 0 aliphatic heterocycles. The summed E-state index contributed by atoms with van der Waals surface area (Å²) in [7, 11) is 1.62. The van der Waals surface area contributed by atoms with Crippen LogP contribution < -0.4 is 15.4 Å². The average Bonchev–Trinajstić information content (AvgIpc) is 2.62. The van der Waals surface area contributed by atoms with Gasteiger partial charge in [0.2, 0.25) is 11.8 Å². The molecule has 0 spiro atoms. The maximum atomic E-state index is 12.0. The maximum absolute atomic E-state index is 12.0. The van der Waals surface area contributed by atoms with Crippen LogP contribution in [0.25, 0.3) is 0 Å². The number of benzene rings is 2. The number of rotatable bonds is 8. The molecule has 0 saturated heterocycles. The van der Waals surface area contributed by atoms with E-state index in [4.69, 9.17) is 4.74 Å². The summed E-state index contributed by atoms with van der Waals surface area (Å²) in [5.41, 5.74) is 2.92. The van der Waals surface area contributed by atoms with Crippen molar-refractivity contribution in [2.75, 3.05) is 19.0 Å². The molecule has 2 aromatic carbocycles. The van der Waals surface area contributed by atoms with Gasteiger partial charge in [-0.1, -0.05) is 44.2 Å². The fraction of sp³-hybridized carbons (Fsp3) is 0.333. The van der Waals surface area contributed by atoms with Crippen LogP contribution in [0.5, 0.6) is 5.75 Å². The first-order valence-corrected chi connectivity index (χ1v) is 8.78. The van der Waals surface area contributed by atoms with E-state index in [-0.39, 0.29) is 18.2 Å². The van der Waals surface area contributed by atoms with Gasteiger partial charge in [0.15, 0.2) is 0 Å². The number of hydrogen-bond acceptors (Lipinski definition) is 3. The Morgan fingerprint density at radius 1 is 1.00 bits per heavy atom. The number of amides is 2. The third kappa shape index (κ3) is 5.92. The molecule has 0 saturated carbocycles. The Morgan fingerprint density at radius 3 is 2.35 bits per heavy atom. The van der Waals surface area contributed by atoms with Crippen molar-refractivity contribution in [2.24, 2.45) is 0 Å². The van der Waals surface area contributed by atoms with E-state index in [1.54, 1.807) is 7.11 Å². The minimum atomic E-state index is -0.322. The highest BCUT2D eigenvalue weighted by atomic mass is 16.5. The van der Waals surface area contributed by atoms with E-state index in [1.807, 2.05) is 48.5 Å². The fourth-order valence-corrected chi connectivity index (χ4v) is 2.61. The molecule has 0 atom stereocenters. The normalized spacial score (nSPS) is 10.5. The van der Waals surface area contributed by atoms with Crippen LogP contribution >= 0.6 is 0 Å². The van der Waals surface area contributed by atoms with Crippen LogP contribution in [0.1, 0.15) is 37.3 Å². The van der Waals surface area contributed by atoms with Crippen molar-refractivity contribution in [3.63, 3.8) is 0 Å². The van der Waals surface area contributed by atoms with Crippen LogP contribution in [-0.2, 0) is 16.0 Å². The van der Waals surface area contributed by atoms with E-state index in [9.17, 15) is 9.59 Å². The molecule has 0 unspecified atom stereocenters. The summed E-state index contributed by atoms with van der Waals surface area (Å²) in [6.07, 6.45) is 0.450. The molecular formula is C21H26N2O3. The highest BCUT2D eigenvalue weighted by Gasteiger charge is 2.10. The maximum Gasteiger partial charge on any atom is 0.233 e. The minimum absolute atomic E-state index is 0.197. The number of nitrogens with one attached hydrogen (secondary N) is 2. The summed E-state index contributed by atoms with van der Waals surface area (Å²) < 4.78 is 5.28. The summed E-state index contributed by atoms with van der Waals surface area (Å²) in [6.45, 7) is 4.68. The van der Waals surface area contributed by atoms with Crippen LogP contribution in [0.3, 0.4) is 0 Å². The van der Waals surface area contributed by atoms with Crippen molar-refractivity contribution >= 4 is 17.5 Å². The van der Waals surface area contributed by atoms with E-state index in [0.717, 1.165) is 11.3 Å². The molecule has 2 rings (SSSR count). The van der Waals surface area contributed by atoms with E-state index in [2.05, 4.69) is 24.5 Å². The molecule has 2 amide bonds. The van der Waals surface area contributed by atoms with Gasteiger partial charge in [0.25, 0.3) is 0 Å². The monoisotopic (exact) mass is 354 g/mol. The number of methoxy groups -OCH3 is 1. The highest BCUT2D eigenvalue weighted by Crippen LogP contribution is 2.18. The molecule has 0 heterocycles. The molecule has 2 aromatic rings. The van der Waals surface area contributed by atoms with E-state index in [1.165, 1.54) is 5.56 Å². The summed E-state index contributed by atoms with van der Waals surface area (Å²) >= 11 is 0. The van der Waals surface area contributed by atoms with Gasteiger partial charge in [0.1, 0.15) is 12.2 Å². The third-order valence-corrected chi connectivity index (χ3v) is 4.09. The van der Waals surface area contributed by atoms with E-state index >= 15 is 0 Å². The first-order valence-electron chi connectivity index (χ1n) is 8.78. The first-order chi connectivity index (χ1) is 12.5. The van der Waals surface area contributed by atoms with E-state index in [0.29, 0.717) is 24.6 Å². The molecule has 138 valence electrons. The zero-order valence-electron chi connectivity index (χ0n) is 15.5. The molecule has 0 aromatic heterocycles. The molecule has 0 fully saturated rings. The molecule has 26 heavy (non-hydrogen) atoms. The lowest BCUT2D eigenvalue weighted by Crippen LogP contribution is -2.29. The molecule has 0 aliphatic carbocycles. The first kappa shape index (κ1) is 19.5. The van der Waals surface area contributed by atoms with Crippen molar-refractivity contribution in [1.82, 2.24) is 5.32 Å². The Bertz CT molecular complexity index is 739. The molecule has 0 aliphatic rings. The van der Waals surface area contributed by atoms with Crippen LogP contribution in [-0.4, -0.2) is 25.5 Å². The number of ether oxygens (including phenoxy) is 1. The van der Waals surface area contributed by atoms with Gasteiger partial charge in [-0.25, -0.2) is 0 Å². The Kier molecular flexibility index (Phi) is 7.21. The summed E-state index contributed by atoms with van der Waals surface area (Å²) in [6, 6.07) is 15.3. The highest BCUT2D eigenvalue weighted by molar-refractivity contribution is 6.03. The second-order valence-electron chi connectivity index (χ2n) is 6.41. The molecular weight excluding hydrogens is 328 g/mol. The average molecular weight is 354 g/mol. The number of hydrogen-bond donors (Lipinski definition) is 2. The van der Waals surface area contributed by atoms with E-state index < -0.39 is 0 Å². The van der Waals surface area contributed by atoms with Crippen LogP contribution in [0, 0.1) is 0 Å². The van der Waals surface area contributed by atoms with Gasteiger partial charge in [-0.15, -0.1) is 0 Å². The Labute approximate surface area is 154 Å². The van der Waals surface area contributed by atoms with Gasteiger partial charge in [0.05, 0.1) is 7.11 Å². The van der Waals surface area contributed by atoms with Crippen molar-refractivity contribution in [1.29, 1.82) is 0 Å². The van der Waals surface area contributed by atoms with Crippen molar-refractivity contribution in [3.05, 3.63) is 59.7 Å². The van der Waals surface area contributed by atoms with Gasteiger partial charge in [-0.05, 0) is 41.7 Å². The summed E-state index contributed by atoms with van der Waals surface area (Å²) in [5, 5.41) is 5.51. The number of carbonyl (C=O) groups is 2. The van der Waals surface area contributed by atoms with Crippen molar-refractivity contribution < 1.29 is 14.3 Å². The molecule has 5 heteroatoms. The molecule has 2 N–H and O–H groups in total. The fourth-order valence-electron chi connectivity index (χ4n) is 2.61. The number of anilines is 1. The second kappa shape index (κ2) is 9.61. The summed E-state index contributed by atoms with van der Waals surface area (Å²) in [5.74, 6) is 0.617. The SMILES string of the molecule is COc1ccccc1CCNC(=O)CC(=O)Nc1ccc(C(C)C)cc1. The van der Waals surface area contributed by atoms with Crippen LogP contribution in [0.15, 0.2) is 48.5 Å². The topological polar surface area (TPSA) is 67.4 Å². The lowest BCUT2D eigenvalue weighted by atomic mass is 10.0. The Morgan fingerprint density at radius 2 is 1.69 bits per heavy atom. The predicted octanol–water partition coefficient (Wildman–Crippen LogP) is 3.51. The zero-order chi connectivity index (χ0) is 18.9. The standard InChI is InChI=1S/C21H26N2O3/c1-15(2)16-8-10-18(11-9-16)23-21(25)14-20(24)22-13-12-17-6-4-5-7-19(17)26-3/h4-11,15H,12-14H2,1-3H3,(H,22,24)(H,23,25). The largest absolute Gasteiger partial charge is 0.496 e. The molecule has 0 bridgehead atoms. The quantitative estimate of drug-likeness (QED) is 0.713. The van der Waals surface area contributed by atoms with Gasteiger partial charge < -0.3 is 15.4 Å². The smallest absolute Gasteiger partial charge is 0.233 e. The van der Waals surface area contributed by atoms with Crippen molar-refractivity contribution in [2.45, 2.75) is 32.6 Å². The van der Waals surface area contributed by atoms with Gasteiger partial charge in [-0.3, -0.25) is 9.59 Å². The second-order valence-corrected chi connectivity index (χ2v) is 6.41. The lowest BCUT2D eigenvalue weighted by Gasteiger charge is -2.10. The van der Waals surface area contributed by atoms with Gasteiger partial charge >= 0.3 is 0 Å². The Balaban J connectivity index is 1.75. The predicted molar refractivity (Wildman–Crippen MR) is 103 cm³/mol. The number of carbonyl (C=O) groups excluding carboxylic acids is 2. The number of para-hydroxylation sites is 1. The molecule has 0 radical (unpaired) electrons. The van der Waals surface area contributed by atoms with Gasteiger partial charge in [0, 0.05) is 12.2 Å². The van der Waals surface area contributed by atoms with Crippen LogP contribution in [0.2, 0.25) is 0 Å². The zero-order valence-corrected chi connectivity index (χ0v) is 15.5. The Hall–Kier alpha value is -2.82. The van der Waals surface area contributed by atoms with Crippen LogP contribution in [0.4, 0.5) is 5.69 Å². The molecule has 5 nitrogen and oxygen atoms in total. The minimum Gasteiger partial charge on any atom is -0.496 e.